The maximum atomic E-state index is 12.4. The monoisotopic (exact) mass is 298 g/mol. The summed E-state index contributed by atoms with van der Waals surface area (Å²) >= 11 is 0. The van der Waals surface area contributed by atoms with Crippen LogP contribution < -0.4 is 10.6 Å². The molecule has 1 aromatic carbocycles. The lowest BCUT2D eigenvalue weighted by molar-refractivity contribution is 0.0915. The van der Waals surface area contributed by atoms with E-state index in [1.54, 1.807) is 18.2 Å². The summed E-state index contributed by atoms with van der Waals surface area (Å²) in [5.41, 5.74) is 1.69. The molecule has 3 rings (SSSR count). The van der Waals surface area contributed by atoms with E-state index in [4.69, 9.17) is 5.26 Å². The average Bonchev–Trinajstić information content (AvgIpc) is 2.56. The van der Waals surface area contributed by atoms with Crippen LogP contribution in [0.15, 0.2) is 24.3 Å². The van der Waals surface area contributed by atoms with E-state index in [-0.39, 0.29) is 6.03 Å². The zero-order valence-corrected chi connectivity index (χ0v) is 12.8. The van der Waals surface area contributed by atoms with Crippen LogP contribution in [0.4, 0.5) is 10.5 Å². The Bertz CT molecular complexity index is 577. The van der Waals surface area contributed by atoms with E-state index in [0.717, 1.165) is 39.0 Å². The molecule has 2 saturated heterocycles. The van der Waals surface area contributed by atoms with Gasteiger partial charge >= 0.3 is 6.03 Å². The zero-order valence-electron chi connectivity index (χ0n) is 12.8. The van der Waals surface area contributed by atoms with Gasteiger partial charge in [-0.2, -0.15) is 5.26 Å². The first-order valence-electron chi connectivity index (χ1n) is 7.98. The lowest BCUT2D eigenvalue weighted by Crippen LogP contribution is -2.48. The van der Waals surface area contributed by atoms with Gasteiger partial charge in [-0.3, -0.25) is 0 Å². The average molecular weight is 298 g/mol. The van der Waals surface area contributed by atoms with Crippen molar-refractivity contribution < 1.29 is 4.79 Å². The van der Waals surface area contributed by atoms with Crippen molar-refractivity contribution in [3.8, 4) is 6.07 Å². The lowest BCUT2D eigenvalue weighted by Gasteiger charge is -2.44. The van der Waals surface area contributed by atoms with Crippen molar-refractivity contribution in [2.75, 3.05) is 31.5 Å². The fraction of sp³-hybridized carbons (Fsp3) is 0.529. The molecule has 2 aliphatic rings. The van der Waals surface area contributed by atoms with Crippen LogP contribution >= 0.6 is 0 Å². The molecule has 0 aromatic heterocycles. The second kappa shape index (κ2) is 6.37. The molecule has 116 valence electrons. The number of nitriles is 1. The van der Waals surface area contributed by atoms with Gasteiger partial charge in [0.15, 0.2) is 0 Å². The van der Waals surface area contributed by atoms with Crippen molar-refractivity contribution in [2.24, 2.45) is 5.41 Å². The molecule has 0 aliphatic carbocycles. The van der Waals surface area contributed by atoms with Crippen LogP contribution in [-0.2, 0) is 0 Å². The van der Waals surface area contributed by atoms with Gasteiger partial charge in [0.1, 0.15) is 0 Å². The molecule has 2 aliphatic heterocycles. The van der Waals surface area contributed by atoms with Crippen molar-refractivity contribution in [3.05, 3.63) is 29.8 Å². The molecule has 0 atom stereocenters. The summed E-state index contributed by atoms with van der Waals surface area (Å²) in [6.45, 7) is 3.86. The van der Waals surface area contributed by atoms with Gasteiger partial charge in [0.25, 0.3) is 0 Å². The number of anilines is 1. The van der Waals surface area contributed by atoms with Gasteiger partial charge in [-0.15, -0.1) is 0 Å². The van der Waals surface area contributed by atoms with E-state index in [9.17, 15) is 4.79 Å². The number of nitrogens with zero attached hydrogens (tertiary/aromatic N) is 2. The van der Waals surface area contributed by atoms with E-state index < -0.39 is 0 Å². The first-order chi connectivity index (χ1) is 10.7. The molecule has 0 bridgehead atoms. The summed E-state index contributed by atoms with van der Waals surface area (Å²) in [5, 5.41) is 15.2. The van der Waals surface area contributed by atoms with Crippen LogP contribution in [0.25, 0.3) is 0 Å². The Hall–Kier alpha value is -2.06. The highest BCUT2D eigenvalue weighted by atomic mass is 16.2. The number of likely N-dealkylation sites (tertiary alicyclic amines) is 1. The smallest absolute Gasteiger partial charge is 0.321 e. The maximum Gasteiger partial charge on any atom is 0.321 e. The van der Waals surface area contributed by atoms with Crippen molar-refractivity contribution in [3.63, 3.8) is 0 Å². The quantitative estimate of drug-likeness (QED) is 0.837. The zero-order chi connectivity index (χ0) is 15.4. The largest absolute Gasteiger partial charge is 0.324 e. The molecule has 0 radical (unpaired) electrons. The molecule has 2 amide bonds. The minimum absolute atomic E-state index is 0.0566. The van der Waals surface area contributed by atoms with Crippen molar-refractivity contribution in [1.29, 1.82) is 5.26 Å². The first kappa shape index (κ1) is 14.9. The number of amides is 2. The number of carbonyl (C=O) groups excluding carboxylic acids is 1. The number of rotatable bonds is 1. The Kier molecular flexibility index (Phi) is 4.30. The molecule has 2 N–H and O–H groups in total. The van der Waals surface area contributed by atoms with Crippen LogP contribution in [0.2, 0.25) is 0 Å². The highest BCUT2D eigenvalue weighted by Gasteiger charge is 2.36. The Morgan fingerprint density at radius 1 is 1.23 bits per heavy atom. The normalized spacial score (nSPS) is 20.4. The number of hydrogen-bond acceptors (Lipinski definition) is 3. The van der Waals surface area contributed by atoms with Gasteiger partial charge in [0.2, 0.25) is 0 Å². The third-order valence-electron chi connectivity index (χ3n) is 5.02. The topological polar surface area (TPSA) is 68.2 Å². The Labute approximate surface area is 131 Å². The van der Waals surface area contributed by atoms with Crippen LogP contribution in [0.3, 0.4) is 0 Å². The molecule has 22 heavy (non-hydrogen) atoms. The number of urea groups is 1. The third-order valence-corrected chi connectivity index (χ3v) is 5.02. The lowest BCUT2D eigenvalue weighted by atomic mass is 9.72. The van der Waals surface area contributed by atoms with Gasteiger partial charge < -0.3 is 15.5 Å². The van der Waals surface area contributed by atoms with Gasteiger partial charge in [0, 0.05) is 18.8 Å². The highest BCUT2D eigenvalue weighted by Crippen LogP contribution is 2.39. The molecule has 1 aromatic rings. The summed E-state index contributed by atoms with van der Waals surface area (Å²) in [6.07, 6.45) is 4.65. The summed E-state index contributed by atoms with van der Waals surface area (Å²) < 4.78 is 0. The van der Waals surface area contributed by atoms with Crippen molar-refractivity contribution >= 4 is 11.7 Å². The van der Waals surface area contributed by atoms with Gasteiger partial charge in [-0.1, -0.05) is 6.07 Å². The summed E-state index contributed by atoms with van der Waals surface area (Å²) in [4.78, 5) is 14.3. The summed E-state index contributed by atoms with van der Waals surface area (Å²) in [5.74, 6) is 0. The maximum absolute atomic E-state index is 12.4. The highest BCUT2D eigenvalue weighted by molar-refractivity contribution is 5.89. The molecule has 5 nitrogen and oxygen atoms in total. The first-order valence-corrected chi connectivity index (χ1v) is 7.98. The Morgan fingerprint density at radius 3 is 2.64 bits per heavy atom. The van der Waals surface area contributed by atoms with E-state index in [2.05, 4.69) is 16.7 Å². The van der Waals surface area contributed by atoms with Crippen molar-refractivity contribution in [2.45, 2.75) is 25.7 Å². The Balaban J connectivity index is 1.56. The van der Waals surface area contributed by atoms with E-state index in [1.807, 2.05) is 11.0 Å². The van der Waals surface area contributed by atoms with Crippen molar-refractivity contribution in [1.82, 2.24) is 10.2 Å². The van der Waals surface area contributed by atoms with Crippen LogP contribution in [0.5, 0.6) is 0 Å². The number of benzene rings is 1. The molecule has 1 spiro atoms. The molecule has 2 fully saturated rings. The summed E-state index contributed by atoms with van der Waals surface area (Å²) in [6, 6.07) is 9.07. The van der Waals surface area contributed by atoms with Crippen LogP contribution in [-0.4, -0.2) is 37.1 Å². The van der Waals surface area contributed by atoms with Gasteiger partial charge in [-0.25, -0.2) is 4.79 Å². The minimum atomic E-state index is -0.0566. The van der Waals surface area contributed by atoms with Gasteiger partial charge in [0.05, 0.1) is 11.6 Å². The Morgan fingerprint density at radius 2 is 1.95 bits per heavy atom. The minimum Gasteiger partial charge on any atom is -0.324 e. The molecule has 5 heteroatoms. The number of nitrogens with one attached hydrogen (secondary N) is 2. The number of piperidine rings is 2. The van der Waals surface area contributed by atoms with E-state index in [0.29, 0.717) is 16.7 Å². The predicted molar refractivity (Wildman–Crippen MR) is 85.5 cm³/mol. The molecule has 2 heterocycles. The predicted octanol–water partition coefficient (Wildman–Crippen LogP) is 2.56. The molecule has 0 saturated carbocycles. The fourth-order valence-corrected chi connectivity index (χ4v) is 3.51. The van der Waals surface area contributed by atoms with Gasteiger partial charge in [-0.05, 0) is 62.4 Å². The number of hydrogen-bond donors (Lipinski definition) is 2. The van der Waals surface area contributed by atoms with E-state index in [1.165, 1.54) is 12.8 Å². The second-order valence-electron chi connectivity index (χ2n) is 6.36. The number of carbonyl (C=O) groups is 1. The van der Waals surface area contributed by atoms with Crippen LogP contribution in [0, 0.1) is 16.7 Å². The SMILES string of the molecule is N#Cc1cccc(NC(=O)N2CCC3(CCNCC3)CC2)c1. The van der Waals surface area contributed by atoms with Crippen LogP contribution in [0.1, 0.15) is 31.2 Å². The van der Waals surface area contributed by atoms with E-state index >= 15 is 0 Å². The standard InChI is InChI=1S/C17H22N4O/c18-13-14-2-1-3-15(12-14)20-16(22)21-10-6-17(7-11-21)4-8-19-9-5-17/h1-3,12,19H,4-11H2,(H,20,22). The summed E-state index contributed by atoms with van der Waals surface area (Å²) in [7, 11) is 0. The fourth-order valence-electron chi connectivity index (χ4n) is 3.51. The molecular formula is C17H22N4O. The second-order valence-corrected chi connectivity index (χ2v) is 6.36. The molecule has 0 unspecified atom stereocenters. The third kappa shape index (κ3) is 3.23. The molecular weight excluding hydrogens is 276 g/mol.